The van der Waals surface area contributed by atoms with Gasteiger partial charge in [0.05, 0.1) is 0 Å². The molecule has 0 amide bonds. The Bertz CT molecular complexity index is 373. The van der Waals surface area contributed by atoms with E-state index >= 15 is 0 Å². The highest BCUT2D eigenvalue weighted by Gasteiger charge is 2.29. The molecule has 108 valence electrons. The first kappa shape index (κ1) is 16.0. The average Bonchev–Trinajstić information content (AvgIpc) is 2.54. The molecule has 0 bridgehead atoms. The maximum Gasteiger partial charge on any atom is 0.0342 e. The summed E-state index contributed by atoms with van der Waals surface area (Å²) in [6.45, 7) is 13.2. The minimum atomic E-state index is 0.194. The predicted octanol–water partition coefficient (Wildman–Crippen LogP) is 4.07. The normalized spacial score (nSPS) is 16.5. The lowest BCUT2D eigenvalue weighted by atomic mass is 9.70. The Labute approximate surface area is 119 Å². The number of nitrogens with two attached hydrogens (primary N) is 1. The second-order valence-electron chi connectivity index (χ2n) is 6.88. The topological polar surface area (TPSA) is 29.3 Å². The van der Waals surface area contributed by atoms with E-state index in [0.29, 0.717) is 12.0 Å². The molecule has 1 heterocycles. The predicted molar refractivity (Wildman–Crippen MR) is 84.6 cm³/mol. The van der Waals surface area contributed by atoms with Gasteiger partial charge in [-0.15, -0.1) is 0 Å². The largest absolute Gasteiger partial charge is 0.353 e. The summed E-state index contributed by atoms with van der Waals surface area (Å²) in [6, 6.07) is 0. The van der Waals surface area contributed by atoms with Gasteiger partial charge >= 0.3 is 0 Å². The molecule has 0 aliphatic carbocycles. The fourth-order valence-corrected chi connectivity index (χ4v) is 2.71. The maximum absolute atomic E-state index is 5.61. The van der Waals surface area contributed by atoms with Gasteiger partial charge in [-0.05, 0) is 35.0 Å². The summed E-state index contributed by atoms with van der Waals surface area (Å²) in [5.41, 5.74) is 7.57. The third-order valence-corrected chi connectivity index (χ3v) is 4.05. The van der Waals surface area contributed by atoms with Gasteiger partial charge < -0.3 is 10.6 Å². The van der Waals surface area contributed by atoms with E-state index in [-0.39, 0.29) is 5.41 Å². The van der Waals surface area contributed by atoms with Crippen LogP contribution in [0.3, 0.4) is 0 Å². The van der Waals surface area contributed by atoms with E-state index in [1.807, 2.05) is 0 Å². The number of allylic oxidation sites excluding steroid dienone is 4. The Hall–Kier alpha value is -1.02. The lowest BCUT2D eigenvalue weighted by Crippen LogP contribution is -2.24. The summed E-state index contributed by atoms with van der Waals surface area (Å²) in [5.74, 6) is 0. The third kappa shape index (κ3) is 4.87. The highest BCUT2D eigenvalue weighted by Crippen LogP contribution is 2.41. The van der Waals surface area contributed by atoms with Crippen LogP contribution >= 0.6 is 0 Å². The van der Waals surface area contributed by atoms with Crippen LogP contribution in [0.15, 0.2) is 36.2 Å². The molecule has 1 rings (SSSR count). The van der Waals surface area contributed by atoms with Crippen LogP contribution in [0.4, 0.5) is 0 Å². The van der Waals surface area contributed by atoms with Crippen molar-refractivity contribution in [3.8, 4) is 0 Å². The van der Waals surface area contributed by atoms with E-state index in [4.69, 9.17) is 5.73 Å². The van der Waals surface area contributed by atoms with E-state index < -0.39 is 0 Å². The van der Waals surface area contributed by atoms with Crippen LogP contribution in [0.5, 0.6) is 0 Å². The molecular formula is C17H30N2. The van der Waals surface area contributed by atoms with Gasteiger partial charge in [-0.1, -0.05) is 47.1 Å². The van der Waals surface area contributed by atoms with Gasteiger partial charge in [0.1, 0.15) is 0 Å². The number of hydrogen-bond acceptors (Lipinski definition) is 2. The van der Waals surface area contributed by atoms with Crippen molar-refractivity contribution in [2.45, 2.75) is 47.5 Å². The highest BCUT2D eigenvalue weighted by atomic mass is 15.1. The summed E-state index contributed by atoms with van der Waals surface area (Å²) in [6.07, 6.45) is 13.2. The molecular weight excluding hydrogens is 232 g/mol. The Morgan fingerprint density at radius 3 is 2.42 bits per heavy atom. The Morgan fingerprint density at radius 1 is 1.16 bits per heavy atom. The van der Waals surface area contributed by atoms with Gasteiger partial charge in [-0.3, -0.25) is 0 Å². The second kappa shape index (κ2) is 6.42. The highest BCUT2D eigenvalue weighted by molar-refractivity contribution is 5.31. The zero-order valence-electron chi connectivity index (χ0n) is 13.2. The molecule has 1 aliphatic rings. The van der Waals surface area contributed by atoms with Gasteiger partial charge in [0.2, 0.25) is 0 Å². The maximum atomic E-state index is 5.61. The number of nitrogens with zero attached hydrogens (tertiary/aromatic N) is 1. The van der Waals surface area contributed by atoms with Gasteiger partial charge in [-0.2, -0.15) is 0 Å². The lowest BCUT2D eigenvalue weighted by molar-refractivity contribution is 0.222. The molecule has 19 heavy (non-hydrogen) atoms. The monoisotopic (exact) mass is 262 g/mol. The van der Waals surface area contributed by atoms with E-state index in [9.17, 15) is 0 Å². The molecule has 0 radical (unpaired) electrons. The van der Waals surface area contributed by atoms with Crippen molar-refractivity contribution in [1.29, 1.82) is 0 Å². The molecule has 0 aromatic carbocycles. The Balaban J connectivity index is 2.82. The molecule has 2 heteroatoms. The van der Waals surface area contributed by atoms with Crippen molar-refractivity contribution >= 4 is 0 Å². The minimum absolute atomic E-state index is 0.194. The first-order chi connectivity index (χ1) is 8.80. The van der Waals surface area contributed by atoms with Crippen LogP contribution in [0.2, 0.25) is 0 Å². The van der Waals surface area contributed by atoms with Crippen LogP contribution in [0.25, 0.3) is 0 Å². The molecule has 2 nitrogen and oxygen atoms in total. The van der Waals surface area contributed by atoms with Crippen LogP contribution in [0, 0.1) is 10.8 Å². The van der Waals surface area contributed by atoms with Crippen LogP contribution in [-0.2, 0) is 0 Å². The molecule has 0 saturated carbocycles. The van der Waals surface area contributed by atoms with E-state index in [2.05, 4.69) is 70.1 Å². The second-order valence-corrected chi connectivity index (χ2v) is 6.88. The van der Waals surface area contributed by atoms with Gasteiger partial charge in [0.15, 0.2) is 0 Å². The summed E-state index contributed by atoms with van der Waals surface area (Å²) in [5, 5.41) is 0. The lowest BCUT2D eigenvalue weighted by Gasteiger charge is -2.35. The third-order valence-electron chi connectivity index (χ3n) is 4.05. The smallest absolute Gasteiger partial charge is 0.0342 e. The molecule has 0 fully saturated rings. The summed E-state index contributed by atoms with van der Waals surface area (Å²) < 4.78 is 0. The molecule has 0 unspecified atom stereocenters. The van der Waals surface area contributed by atoms with Crippen molar-refractivity contribution in [1.82, 2.24) is 4.90 Å². The quantitative estimate of drug-likeness (QED) is 0.782. The first-order valence-corrected chi connectivity index (χ1v) is 7.34. The first-order valence-electron chi connectivity index (χ1n) is 7.34. The van der Waals surface area contributed by atoms with E-state index in [1.165, 1.54) is 18.4 Å². The fraction of sp³-hybridized carbons (Fsp3) is 0.647. The van der Waals surface area contributed by atoms with Crippen molar-refractivity contribution in [2.24, 2.45) is 16.6 Å². The molecule has 0 spiro atoms. The zero-order chi connectivity index (χ0) is 14.5. The average molecular weight is 262 g/mol. The van der Waals surface area contributed by atoms with Crippen molar-refractivity contribution in [2.75, 3.05) is 13.1 Å². The zero-order valence-corrected chi connectivity index (χ0v) is 13.2. The molecule has 0 aromatic heterocycles. The SMILES string of the molecule is CCC(C)(C)CC(C)(C)C1=CC=CN(CCN)C=C1. The summed E-state index contributed by atoms with van der Waals surface area (Å²) >= 11 is 0. The van der Waals surface area contributed by atoms with Gasteiger partial charge in [0, 0.05) is 25.5 Å². The van der Waals surface area contributed by atoms with Crippen molar-refractivity contribution in [3.63, 3.8) is 0 Å². The minimum Gasteiger partial charge on any atom is -0.353 e. The van der Waals surface area contributed by atoms with E-state index in [0.717, 1.165) is 6.54 Å². The number of rotatable bonds is 6. The van der Waals surface area contributed by atoms with E-state index in [1.54, 1.807) is 0 Å². The molecule has 1 aliphatic heterocycles. The molecule has 2 N–H and O–H groups in total. The van der Waals surface area contributed by atoms with Crippen LogP contribution < -0.4 is 5.73 Å². The Kier molecular flexibility index (Phi) is 5.42. The summed E-state index contributed by atoms with van der Waals surface area (Å²) in [7, 11) is 0. The van der Waals surface area contributed by atoms with Gasteiger partial charge in [-0.25, -0.2) is 0 Å². The fourth-order valence-electron chi connectivity index (χ4n) is 2.71. The molecule has 0 aromatic rings. The molecule has 0 atom stereocenters. The van der Waals surface area contributed by atoms with Gasteiger partial charge in [0.25, 0.3) is 0 Å². The van der Waals surface area contributed by atoms with Crippen LogP contribution in [-0.4, -0.2) is 18.0 Å². The van der Waals surface area contributed by atoms with Crippen molar-refractivity contribution < 1.29 is 0 Å². The summed E-state index contributed by atoms with van der Waals surface area (Å²) in [4.78, 5) is 2.14. The molecule has 0 saturated heterocycles. The number of hydrogen-bond donors (Lipinski definition) is 1. The van der Waals surface area contributed by atoms with Crippen LogP contribution in [0.1, 0.15) is 47.5 Å². The Morgan fingerprint density at radius 2 is 1.84 bits per heavy atom. The van der Waals surface area contributed by atoms with Crippen molar-refractivity contribution in [3.05, 3.63) is 36.2 Å². The standard InChI is InChI=1S/C17H30N2/c1-6-16(2,3)14-17(4,5)15-8-7-11-19(12-9-15)13-10-18/h7-9,11-12H,6,10,13-14,18H2,1-5H3.